The van der Waals surface area contributed by atoms with Crippen molar-refractivity contribution in [3.63, 3.8) is 0 Å². The molecule has 0 heterocycles. The number of carbonyl (C=O) groups is 2. The molecule has 27 heavy (non-hydrogen) atoms. The molecule has 0 aromatic heterocycles. The van der Waals surface area contributed by atoms with Gasteiger partial charge in [0.15, 0.2) is 5.60 Å². The van der Waals surface area contributed by atoms with Crippen molar-refractivity contribution in [3.8, 4) is 5.75 Å². The fraction of sp³-hybridized carbons (Fsp3) is 0.200. The average molecular weight is 393 g/mol. The van der Waals surface area contributed by atoms with Crippen molar-refractivity contribution >= 4 is 29.1 Å². The summed E-state index contributed by atoms with van der Waals surface area (Å²) in [7, 11) is 1.27. The normalized spacial score (nSPS) is 10.2. The Bertz CT molecular complexity index is 786. The van der Waals surface area contributed by atoms with E-state index in [4.69, 9.17) is 21.4 Å². The largest absolute Gasteiger partial charge is 0.478 e. The molecule has 0 amide bonds. The SMILES string of the molecule is C=C(C(=O)OOC)c1ccccc1.CC(C)(Oc1ccccc1Cl)C(=O)O. The molecule has 6 nitrogen and oxygen atoms in total. The van der Waals surface area contributed by atoms with Gasteiger partial charge in [0.1, 0.15) is 5.75 Å². The standard InChI is InChI=1S/C10H11ClO3.C10H10O3/c1-10(2,9(12)13)14-8-6-4-3-5-7(8)11;1-8(10(11)13-12-2)9-6-4-3-5-7-9/h3-6H,1-2H3,(H,12,13);3-7H,1H2,2H3. The Labute approximate surface area is 162 Å². The van der Waals surface area contributed by atoms with Crippen molar-refractivity contribution in [3.05, 3.63) is 71.8 Å². The third-order valence-electron chi connectivity index (χ3n) is 3.24. The molecule has 0 atom stereocenters. The van der Waals surface area contributed by atoms with Gasteiger partial charge in [-0.1, -0.05) is 60.6 Å². The summed E-state index contributed by atoms with van der Waals surface area (Å²) in [6.45, 7) is 6.53. The van der Waals surface area contributed by atoms with Crippen LogP contribution < -0.4 is 4.74 Å². The fourth-order valence-corrected chi connectivity index (χ4v) is 1.90. The Balaban J connectivity index is 0.000000271. The van der Waals surface area contributed by atoms with Crippen LogP contribution in [-0.2, 0) is 19.4 Å². The van der Waals surface area contributed by atoms with E-state index in [9.17, 15) is 9.59 Å². The molecule has 0 aliphatic heterocycles. The highest BCUT2D eigenvalue weighted by Gasteiger charge is 2.29. The maximum absolute atomic E-state index is 11.1. The van der Waals surface area contributed by atoms with Crippen LogP contribution in [0.5, 0.6) is 5.75 Å². The van der Waals surface area contributed by atoms with E-state index < -0.39 is 17.5 Å². The number of carboxylic acid groups (broad SMARTS) is 1. The first kappa shape index (κ1) is 22.2. The molecular formula is C20H21ClO6. The van der Waals surface area contributed by atoms with E-state index in [-0.39, 0.29) is 5.57 Å². The number of aliphatic carboxylic acids is 1. The van der Waals surface area contributed by atoms with Crippen LogP contribution in [0.3, 0.4) is 0 Å². The highest BCUT2D eigenvalue weighted by molar-refractivity contribution is 6.32. The van der Waals surface area contributed by atoms with Crippen LogP contribution >= 0.6 is 11.6 Å². The van der Waals surface area contributed by atoms with Gasteiger partial charge in [0.05, 0.1) is 17.7 Å². The molecule has 0 aliphatic rings. The Hall–Kier alpha value is -2.83. The second-order valence-electron chi connectivity index (χ2n) is 5.73. The number of rotatable bonds is 6. The Kier molecular flexibility index (Phi) is 8.51. The third kappa shape index (κ3) is 7.13. The van der Waals surface area contributed by atoms with Gasteiger partial charge < -0.3 is 9.84 Å². The second kappa shape index (κ2) is 10.4. The summed E-state index contributed by atoms with van der Waals surface area (Å²) >= 11 is 5.82. The van der Waals surface area contributed by atoms with Gasteiger partial charge in [-0.05, 0) is 31.5 Å². The monoisotopic (exact) mass is 392 g/mol. The minimum atomic E-state index is -1.27. The summed E-state index contributed by atoms with van der Waals surface area (Å²) in [4.78, 5) is 30.4. The van der Waals surface area contributed by atoms with Crippen LogP contribution in [0.4, 0.5) is 0 Å². The van der Waals surface area contributed by atoms with Crippen molar-refractivity contribution in [1.82, 2.24) is 0 Å². The van der Waals surface area contributed by atoms with Gasteiger partial charge in [-0.3, -0.25) is 4.89 Å². The first-order valence-corrected chi connectivity index (χ1v) is 8.23. The van der Waals surface area contributed by atoms with E-state index in [2.05, 4.69) is 16.4 Å². The maximum Gasteiger partial charge on any atom is 0.373 e. The second-order valence-corrected chi connectivity index (χ2v) is 6.14. The molecule has 1 N–H and O–H groups in total. The highest BCUT2D eigenvalue weighted by Crippen LogP contribution is 2.27. The van der Waals surface area contributed by atoms with Crippen molar-refractivity contribution in [2.75, 3.05) is 7.11 Å². The predicted octanol–water partition coefficient (Wildman–Crippen LogP) is 4.39. The summed E-state index contributed by atoms with van der Waals surface area (Å²) in [6, 6.07) is 15.8. The molecule has 2 aromatic rings. The quantitative estimate of drug-likeness (QED) is 0.446. The average Bonchev–Trinajstić information content (AvgIpc) is 2.64. The highest BCUT2D eigenvalue weighted by atomic mass is 35.5. The first-order chi connectivity index (χ1) is 12.7. The zero-order chi connectivity index (χ0) is 20.4. The van der Waals surface area contributed by atoms with E-state index in [0.29, 0.717) is 10.8 Å². The number of para-hydroxylation sites is 1. The van der Waals surface area contributed by atoms with Crippen molar-refractivity contribution in [1.29, 1.82) is 0 Å². The maximum atomic E-state index is 11.1. The fourth-order valence-electron chi connectivity index (χ4n) is 1.73. The summed E-state index contributed by atoms with van der Waals surface area (Å²) in [6.07, 6.45) is 0. The van der Waals surface area contributed by atoms with E-state index in [1.54, 1.807) is 36.4 Å². The minimum Gasteiger partial charge on any atom is -0.478 e. The lowest BCUT2D eigenvalue weighted by Crippen LogP contribution is -2.37. The molecule has 144 valence electrons. The van der Waals surface area contributed by atoms with E-state index in [1.807, 2.05) is 18.2 Å². The van der Waals surface area contributed by atoms with Gasteiger partial charge in [0.25, 0.3) is 0 Å². The zero-order valence-corrected chi connectivity index (χ0v) is 16.0. The van der Waals surface area contributed by atoms with E-state index in [1.165, 1.54) is 21.0 Å². The lowest BCUT2D eigenvalue weighted by molar-refractivity contribution is -0.248. The topological polar surface area (TPSA) is 82.1 Å². The Morgan fingerprint density at radius 3 is 2.11 bits per heavy atom. The van der Waals surface area contributed by atoms with E-state index >= 15 is 0 Å². The number of carboxylic acids is 1. The Morgan fingerprint density at radius 2 is 1.59 bits per heavy atom. The number of hydrogen-bond donors (Lipinski definition) is 1. The smallest absolute Gasteiger partial charge is 0.373 e. The molecule has 0 aliphatic carbocycles. The van der Waals surface area contributed by atoms with Gasteiger partial charge in [0.2, 0.25) is 0 Å². The van der Waals surface area contributed by atoms with Gasteiger partial charge in [-0.15, -0.1) is 0 Å². The third-order valence-corrected chi connectivity index (χ3v) is 3.56. The van der Waals surface area contributed by atoms with Crippen LogP contribution in [0, 0.1) is 0 Å². The van der Waals surface area contributed by atoms with Crippen molar-refractivity contribution in [2.45, 2.75) is 19.4 Å². The van der Waals surface area contributed by atoms with Crippen molar-refractivity contribution < 1.29 is 29.2 Å². The summed E-state index contributed by atoms with van der Waals surface area (Å²) in [5.74, 6) is -1.23. The molecule has 0 saturated carbocycles. The van der Waals surface area contributed by atoms with Crippen LogP contribution in [-0.4, -0.2) is 29.8 Å². The molecule has 0 fully saturated rings. The van der Waals surface area contributed by atoms with Gasteiger partial charge in [0, 0.05) is 0 Å². The lowest BCUT2D eigenvalue weighted by atomic mass is 10.1. The van der Waals surface area contributed by atoms with Crippen LogP contribution in [0.25, 0.3) is 5.57 Å². The molecule has 0 bridgehead atoms. The Morgan fingerprint density at radius 1 is 1.04 bits per heavy atom. The molecule has 0 saturated heterocycles. The van der Waals surface area contributed by atoms with Gasteiger partial charge >= 0.3 is 11.9 Å². The molecule has 7 heteroatoms. The molecule has 0 unspecified atom stereocenters. The molecule has 0 spiro atoms. The summed E-state index contributed by atoms with van der Waals surface area (Å²) < 4.78 is 5.26. The van der Waals surface area contributed by atoms with Crippen LogP contribution in [0.1, 0.15) is 19.4 Å². The number of hydrogen-bond acceptors (Lipinski definition) is 5. The summed E-state index contributed by atoms with van der Waals surface area (Å²) in [5.41, 5.74) is -0.266. The van der Waals surface area contributed by atoms with Crippen molar-refractivity contribution in [2.24, 2.45) is 0 Å². The minimum absolute atomic E-state index is 0.280. The summed E-state index contributed by atoms with van der Waals surface area (Å²) in [5, 5.41) is 9.23. The van der Waals surface area contributed by atoms with Crippen LogP contribution in [0.15, 0.2) is 61.2 Å². The van der Waals surface area contributed by atoms with Gasteiger partial charge in [-0.25, -0.2) is 9.59 Å². The lowest BCUT2D eigenvalue weighted by Gasteiger charge is -2.21. The number of carbonyl (C=O) groups excluding carboxylic acids is 1. The number of benzene rings is 2. The zero-order valence-electron chi connectivity index (χ0n) is 15.3. The molecular weight excluding hydrogens is 372 g/mol. The van der Waals surface area contributed by atoms with E-state index in [0.717, 1.165) is 5.56 Å². The molecule has 2 rings (SSSR count). The number of ether oxygens (including phenoxy) is 1. The van der Waals surface area contributed by atoms with Crippen LogP contribution in [0.2, 0.25) is 5.02 Å². The first-order valence-electron chi connectivity index (χ1n) is 7.85. The van der Waals surface area contributed by atoms with Gasteiger partial charge in [-0.2, -0.15) is 4.89 Å². The number of halogens is 1. The molecule has 0 radical (unpaired) electrons. The predicted molar refractivity (Wildman–Crippen MR) is 102 cm³/mol. The molecule has 2 aromatic carbocycles.